The number of nitrogens with one attached hydrogen (secondary N) is 1. The number of nitrogens with zero attached hydrogens (tertiary/aromatic N) is 1. The Hall–Kier alpha value is -0.550. The van der Waals surface area contributed by atoms with Crippen LogP contribution < -0.4 is 5.32 Å². The van der Waals surface area contributed by atoms with Gasteiger partial charge in [-0.1, -0.05) is 0 Å². The summed E-state index contributed by atoms with van der Waals surface area (Å²) in [7, 11) is 0. The van der Waals surface area contributed by atoms with Gasteiger partial charge in [0.25, 0.3) is 0 Å². The summed E-state index contributed by atoms with van der Waals surface area (Å²) in [4.78, 5) is 0. The third-order valence-electron chi connectivity index (χ3n) is 2.05. The molecule has 0 amide bonds. The summed E-state index contributed by atoms with van der Waals surface area (Å²) >= 11 is 0. The van der Waals surface area contributed by atoms with E-state index in [1.807, 2.05) is 0 Å². The van der Waals surface area contributed by atoms with Crippen molar-refractivity contribution in [3.05, 3.63) is 0 Å². The third kappa shape index (κ3) is 1.71. The van der Waals surface area contributed by atoms with Crippen LogP contribution in [-0.2, 0) is 0 Å². The van der Waals surface area contributed by atoms with Crippen molar-refractivity contribution >= 4 is 0 Å². The van der Waals surface area contributed by atoms with E-state index in [0.717, 1.165) is 6.42 Å². The first kappa shape index (κ1) is 7.56. The molecule has 1 atom stereocenters. The van der Waals surface area contributed by atoms with Crippen molar-refractivity contribution in [2.45, 2.75) is 44.7 Å². The Kier molecular flexibility index (Phi) is 1.96. The maximum Gasteiger partial charge on any atom is 0.0638 e. The Morgan fingerprint density at radius 2 is 2.40 bits per heavy atom. The molecular weight excluding hydrogens is 124 g/mol. The van der Waals surface area contributed by atoms with Crippen molar-refractivity contribution in [3.8, 4) is 6.07 Å². The van der Waals surface area contributed by atoms with E-state index in [9.17, 15) is 0 Å². The van der Waals surface area contributed by atoms with Crippen molar-refractivity contribution in [2.24, 2.45) is 0 Å². The van der Waals surface area contributed by atoms with Crippen molar-refractivity contribution in [3.63, 3.8) is 0 Å². The minimum absolute atomic E-state index is 0.265. The standard InChI is InChI=1S/C8H14N2/c1-8(2)5-3-7(10-8)4-6-9/h7,10H,3-5H2,1-2H3. The molecule has 1 rings (SSSR count). The minimum Gasteiger partial charge on any atom is -0.308 e. The van der Waals surface area contributed by atoms with Crippen molar-refractivity contribution in [1.29, 1.82) is 5.26 Å². The highest BCUT2D eigenvalue weighted by Crippen LogP contribution is 2.23. The molecule has 0 aromatic heterocycles. The largest absolute Gasteiger partial charge is 0.308 e. The number of rotatable bonds is 1. The van der Waals surface area contributed by atoms with Crippen LogP contribution in [0, 0.1) is 11.3 Å². The van der Waals surface area contributed by atoms with Crippen LogP contribution in [0.4, 0.5) is 0 Å². The lowest BCUT2D eigenvalue weighted by Crippen LogP contribution is -2.37. The van der Waals surface area contributed by atoms with Crippen LogP contribution in [0.1, 0.15) is 33.1 Å². The van der Waals surface area contributed by atoms with E-state index < -0.39 is 0 Å². The van der Waals surface area contributed by atoms with E-state index in [-0.39, 0.29) is 5.54 Å². The van der Waals surface area contributed by atoms with E-state index >= 15 is 0 Å². The fraction of sp³-hybridized carbons (Fsp3) is 0.875. The molecule has 1 heterocycles. The highest BCUT2D eigenvalue weighted by Gasteiger charge is 2.29. The molecule has 0 bridgehead atoms. The Balaban J connectivity index is 2.38. The van der Waals surface area contributed by atoms with Gasteiger partial charge < -0.3 is 5.32 Å². The smallest absolute Gasteiger partial charge is 0.0638 e. The molecule has 1 aliphatic heterocycles. The zero-order valence-corrected chi connectivity index (χ0v) is 6.65. The summed E-state index contributed by atoms with van der Waals surface area (Å²) in [5.74, 6) is 0. The first-order valence-corrected chi connectivity index (χ1v) is 3.79. The molecular formula is C8H14N2. The van der Waals surface area contributed by atoms with Gasteiger partial charge in [-0.05, 0) is 26.7 Å². The number of nitriles is 1. The predicted octanol–water partition coefficient (Wildman–Crippen LogP) is 1.43. The molecule has 2 nitrogen and oxygen atoms in total. The first-order valence-electron chi connectivity index (χ1n) is 3.79. The quantitative estimate of drug-likeness (QED) is 0.595. The van der Waals surface area contributed by atoms with Gasteiger partial charge in [-0.2, -0.15) is 5.26 Å². The molecule has 56 valence electrons. The van der Waals surface area contributed by atoms with E-state index in [4.69, 9.17) is 5.26 Å². The van der Waals surface area contributed by atoms with Crippen molar-refractivity contribution in [2.75, 3.05) is 0 Å². The molecule has 10 heavy (non-hydrogen) atoms. The second-order valence-corrected chi connectivity index (χ2v) is 3.63. The maximum absolute atomic E-state index is 8.41. The SMILES string of the molecule is CC1(C)CCC(CC#N)N1. The topological polar surface area (TPSA) is 35.8 Å². The van der Waals surface area contributed by atoms with Gasteiger partial charge in [0.2, 0.25) is 0 Å². The van der Waals surface area contributed by atoms with E-state index in [1.165, 1.54) is 6.42 Å². The Morgan fingerprint density at radius 3 is 2.80 bits per heavy atom. The Labute approximate surface area is 62.2 Å². The fourth-order valence-electron chi connectivity index (χ4n) is 1.50. The lowest BCUT2D eigenvalue weighted by molar-refractivity contribution is 0.430. The summed E-state index contributed by atoms with van der Waals surface area (Å²) in [6.45, 7) is 4.37. The second-order valence-electron chi connectivity index (χ2n) is 3.63. The van der Waals surface area contributed by atoms with Crippen molar-refractivity contribution in [1.82, 2.24) is 5.32 Å². The molecule has 0 aromatic rings. The Bertz CT molecular complexity index is 155. The zero-order valence-electron chi connectivity index (χ0n) is 6.65. The normalized spacial score (nSPS) is 29.9. The molecule has 1 fully saturated rings. The molecule has 0 saturated carbocycles. The van der Waals surface area contributed by atoms with Gasteiger partial charge in [0.1, 0.15) is 0 Å². The summed E-state index contributed by atoms with van der Waals surface area (Å²) in [6, 6.07) is 2.63. The van der Waals surface area contributed by atoms with Crippen LogP contribution in [-0.4, -0.2) is 11.6 Å². The van der Waals surface area contributed by atoms with Crippen LogP contribution in [0.15, 0.2) is 0 Å². The summed E-state index contributed by atoms with van der Waals surface area (Å²) in [6.07, 6.45) is 3.00. The average Bonchev–Trinajstić information content (AvgIpc) is 2.12. The monoisotopic (exact) mass is 138 g/mol. The molecule has 1 N–H and O–H groups in total. The molecule has 0 spiro atoms. The molecule has 2 heteroatoms. The van der Waals surface area contributed by atoms with Gasteiger partial charge >= 0.3 is 0 Å². The molecule has 0 aliphatic carbocycles. The van der Waals surface area contributed by atoms with Gasteiger partial charge in [-0.15, -0.1) is 0 Å². The number of hydrogen-bond donors (Lipinski definition) is 1. The highest BCUT2D eigenvalue weighted by molar-refractivity contribution is 4.94. The molecule has 1 unspecified atom stereocenters. The van der Waals surface area contributed by atoms with Gasteiger partial charge in [0, 0.05) is 11.6 Å². The average molecular weight is 138 g/mol. The van der Waals surface area contributed by atoms with E-state index in [1.54, 1.807) is 0 Å². The summed E-state index contributed by atoms with van der Waals surface area (Å²) < 4.78 is 0. The summed E-state index contributed by atoms with van der Waals surface area (Å²) in [5.41, 5.74) is 0.265. The second kappa shape index (κ2) is 2.59. The van der Waals surface area contributed by atoms with Crippen LogP contribution in [0.2, 0.25) is 0 Å². The first-order chi connectivity index (χ1) is 4.64. The molecule has 0 aromatic carbocycles. The van der Waals surface area contributed by atoms with Crippen LogP contribution in [0.25, 0.3) is 0 Å². The van der Waals surface area contributed by atoms with Gasteiger partial charge in [-0.3, -0.25) is 0 Å². The predicted molar refractivity (Wildman–Crippen MR) is 40.5 cm³/mol. The molecule has 1 aliphatic rings. The highest BCUT2D eigenvalue weighted by atomic mass is 15.0. The van der Waals surface area contributed by atoms with Gasteiger partial charge in [0.05, 0.1) is 12.5 Å². The maximum atomic E-state index is 8.41. The molecule has 0 radical (unpaired) electrons. The Morgan fingerprint density at radius 1 is 1.70 bits per heavy atom. The van der Waals surface area contributed by atoms with Crippen LogP contribution >= 0.6 is 0 Å². The summed E-state index contributed by atoms with van der Waals surface area (Å²) in [5, 5.41) is 11.8. The van der Waals surface area contributed by atoms with Gasteiger partial charge in [0.15, 0.2) is 0 Å². The lowest BCUT2D eigenvalue weighted by atomic mass is 10.0. The van der Waals surface area contributed by atoms with Crippen molar-refractivity contribution < 1.29 is 0 Å². The van der Waals surface area contributed by atoms with Crippen LogP contribution in [0.3, 0.4) is 0 Å². The van der Waals surface area contributed by atoms with E-state index in [0.29, 0.717) is 12.5 Å². The fourth-order valence-corrected chi connectivity index (χ4v) is 1.50. The van der Waals surface area contributed by atoms with Crippen LogP contribution in [0.5, 0.6) is 0 Å². The van der Waals surface area contributed by atoms with E-state index in [2.05, 4.69) is 25.2 Å². The third-order valence-corrected chi connectivity index (χ3v) is 2.05. The van der Waals surface area contributed by atoms with Gasteiger partial charge in [-0.25, -0.2) is 0 Å². The lowest BCUT2D eigenvalue weighted by Gasteiger charge is -2.18. The zero-order chi connectivity index (χ0) is 7.61. The number of hydrogen-bond acceptors (Lipinski definition) is 2. The minimum atomic E-state index is 0.265. The molecule has 1 saturated heterocycles.